The van der Waals surface area contributed by atoms with E-state index in [4.69, 9.17) is 0 Å². The smallest absolute Gasteiger partial charge is 0.272 e. The predicted molar refractivity (Wildman–Crippen MR) is 110 cm³/mol. The van der Waals surface area contributed by atoms with Crippen LogP contribution in [-0.2, 0) is 0 Å². The summed E-state index contributed by atoms with van der Waals surface area (Å²) < 4.78 is 13.1. The SMILES string of the molecule is Cc1cc(C(=O)N/N=C/c2cn[nH]c2-c2ccc(F)cc2)c2cccc(C)c2n1. The Kier molecular flexibility index (Phi) is 4.87. The van der Waals surface area contributed by atoms with E-state index in [1.165, 1.54) is 18.3 Å². The molecule has 144 valence electrons. The Morgan fingerprint density at radius 3 is 2.76 bits per heavy atom. The van der Waals surface area contributed by atoms with Gasteiger partial charge in [-0.3, -0.25) is 14.9 Å². The Hall–Kier alpha value is -3.87. The van der Waals surface area contributed by atoms with Gasteiger partial charge in [0.05, 0.1) is 29.2 Å². The number of aryl methyl sites for hydroxylation is 2. The molecule has 29 heavy (non-hydrogen) atoms. The molecule has 2 aromatic carbocycles. The molecule has 6 nitrogen and oxygen atoms in total. The number of benzene rings is 2. The Morgan fingerprint density at radius 1 is 1.17 bits per heavy atom. The molecule has 0 unspecified atom stereocenters. The van der Waals surface area contributed by atoms with Crippen LogP contribution in [0.2, 0.25) is 0 Å². The Morgan fingerprint density at radius 2 is 1.97 bits per heavy atom. The van der Waals surface area contributed by atoms with Gasteiger partial charge in [0, 0.05) is 22.2 Å². The van der Waals surface area contributed by atoms with Crippen LogP contribution in [0.25, 0.3) is 22.2 Å². The van der Waals surface area contributed by atoms with Gasteiger partial charge in [-0.25, -0.2) is 9.82 Å². The quantitative estimate of drug-likeness (QED) is 0.408. The van der Waals surface area contributed by atoms with E-state index in [-0.39, 0.29) is 11.7 Å². The van der Waals surface area contributed by atoms with Crippen molar-refractivity contribution in [1.82, 2.24) is 20.6 Å². The second-order valence-electron chi connectivity index (χ2n) is 6.69. The molecule has 2 N–H and O–H groups in total. The van der Waals surface area contributed by atoms with Gasteiger partial charge < -0.3 is 0 Å². The van der Waals surface area contributed by atoms with Crippen LogP contribution in [0.4, 0.5) is 4.39 Å². The number of aromatic nitrogens is 3. The minimum Gasteiger partial charge on any atom is -0.277 e. The molecule has 0 atom stereocenters. The van der Waals surface area contributed by atoms with Crippen LogP contribution in [-0.4, -0.2) is 27.3 Å². The lowest BCUT2D eigenvalue weighted by molar-refractivity contribution is 0.0956. The molecule has 0 fully saturated rings. The molecule has 0 saturated heterocycles. The van der Waals surface area contributed by atoms with Crippen molar-refractivity contribution < 1.29 is 9.18 Å². The van der Waals surface area contributed by atoms with Crippen molar-refractivity contribution >= 4 is 23.0 Å². The van der Waals surface area contributed by atoms with Crippen molar-refractivity contribution in [2.75, 3.05) is 0 Å². The first-order chi connectivity index (χ1) is 14.0. The molecule has 4 rings (SSSR count). The van der Waals surface area contributed by atoms with E-state index in [0.717, 1.165) is 27.7 Å². The number of pyridine rings is 1. The first-order valence-electron chi connectivity index (χ1n) is 9.02. The zero-order chi connectivity index (χ0) is 20.4. The summed E-state index contributed by atoms with van der Waals surface area (Å²) >= 11 is 0. The highest BCUT2D eigenvalue weighted by Gasteiger charge is 2.13. The number of carbonyl (C=O) groups excluding carboxylic acids is 1. The number of H-pyrrole nitrogens is 1. The van der Waals surface area contributed by atoms with Crippen molar-refractivity contribution in [3.63, 3.8) is 0 Å². The lowest BCUT2D eigenvalue weighted by Gasteiger charge is -2.08. The van der Waals surface area contributed by atoms with E-state index in [1.54, 1.807) is 24.4 Å². The summed E-state index contributed by atoms with van der Waals surface area (Å²) in [6, 6.07) is 13.5. The summed E-state index contributed by atoms with van der Waals surface area (Å²) in [7, 11) is 0. The first kappa shape index (κ1) is 18.5. The van der Waals surface area contributed by atoms with Crippen LogP contribution in [0.15, 0.2) is 59.8 Å². The van der Waals surface area contributed by atoms with E-state index in [0.29, 0.717) is 16.8 Å². The fraction of sp³-hybridized carbons (Fsp3) is 0.0909. The number of hydrogen-bond acceptors (Lipinski definition) is 4. The van der Waals surface area contributed by atoms with Gasteiger partial charge in [-0.1, -0.05) is 18.2 Å². The van der Waals surface area contributed by atoms with Gasteiger partial charge >= 0.3 is 0 Å². The number of rotatable bonds is 4. The van der Waals surface area contributed by atoms with Crippen molar-refractivity contribution in [2.45, 2.75) is 13.8 Å². The van der Waals surface area contributed by atoms with Crippen LogP contribution < -0.4 is 5.43 Å². The van der Waals surface area contributed by atoms with Gasteiger partial charge in [0.25, 0.3) is 5.91 Å². The number of halogens is 1. The van der Waals surface area contributed by atoms with E-state index >= 15 is 0 Å². The molecular formula is C22H18FN5O. The molecule has 1 amide bonds. The fourth-order valence-electron chi connectivity index (χ4n) is 3.17. The second-order valence-corrected chi connectivity index (χ2v) is 6.69. The van der Waals surface area contributed by atoms with Crippen LogP contribution >= 0.6 is 0 Å². The molecular weight excluding hydrogens is 369 g/mol. The van der Waals surface area contributed by atoms with E-state index in [9.17, 15) is 9.18 Å². The number of hydrazone groups is 1. The van der Waals surface area contributed by atoms with Gasteiger partial charge in [-0.15, -0.1) is 0 Å². The van der Waals surface area contributed by atoms with Crippen molar-refractivity contribution in [1.29, 1.82) is 0 Å². The van der Waals surface area contributed by atoms with Crippen LogP contribution in [0.3, 0.4) is 0 Å². The number of fused-ring (bicyclic) bond motifs is 1. The third kappa shape index (κ3) is 3.75. The number of nitrogens with one attached hydrogen (secondary N) is 2. The van der Waals surface area contributed by atoms with Crippen molar-refractivity contribution in [2.24, 2.45) is 5.10 Å². The number of para-hydroxylation sites is 1. The van der Waals surface area contributed by atoms with Gasteiger partial charge in [-0.05, 0) is 49.7 Å². The summed E-state index contributed by atoms with van der Waals surface area (Å²) in [4.78, 5) is 17.3. The minimum atomic E-state index is -0.325. The third-order valence-corrected chi connectivity index (χ3v) is 4.59. The number of nitrogens with zero attached hydrogens (tertiary/aromatic N) is 3. The summed E-state index contributed by atoms with van der Waals surface area (Å²) in [6.45, 7) is 3.82. The minimum absolute atomic E-state index is 0.314. The lowest BCUT2D eigenvalue weighted by atomic mass is 10.0. The van der Waals surface area contributed by atoms with Crippen LogP contribution in [0, 0.1) is 19.7 Å². The Bertz CT molecular complexity index is 1230. The molecule has 0 saturated carbocycles. The molecule has 7 heteroatoms. The van der Waals surface area contributed by atoms with Crippen LogP contribution in [0.5, 0.6) is 0 Å². The standard InChI is InChI=1S/C22H18FN5O/c1-13-4-3-5-18-19(10-14(2)26-20(13)18)22(29)28-25-12-16-11-24-27-21(16)15-6-8-17(23)9-7-15/h3-12H,1-2H3,(H,24,27)(H,28,29)/b25-12+. The van der Waals surface area contributed by atoms with Gasteiger partial charge in [-0.2, -0.15) is 10.2 Å². The molecule has 4 aromatic rings. The highest BCUT2D eigenvalue weighted by molar-refractivity contribution is 6.07. The van der Waals surface area contributed by atoms with Crippen molar-refractivity contribution in [3.05, 3.63) is 82.9 Å². The first-order valence-corrected chi connectivity index (χ1v) is 9.02. The maximum Gasteiger partial charge on any atom is 0.272 e. The zero-order valence-electron chi connectivity index (χ0n) is 15.9. The number of carbonyl (C=O) groups is 1. The lowest BCUT2D eigenvalue weighted by Crippen LogP contribution is -2.18. The van der Waals surface area contributed by atoms with Gasteiger partial charge in [0.15, 0.2) is 0 Å². The Balaban J connectivity index is 1.58. The summed E-state index contributed by atoms with van der Waals surface area (Å²) in [6.07, 6.45) is 3.09. The molecule has 0 aliphatic heterocycles. The molecule has 2 aromatic heterocycles. The molecule has 0 spiro atoms. The van der Waals surface area contributed by atoms with E-state index in [1.807, 2.05) is 32.0 Å². The molecule has 0 aliphatic rings. The average Bonchev–Trinajstić information content (AvgIpc) is 3.17. The fourth-order valence-corrected chi connectivity index (χ4v) is 3.17. The topological polar surface area (TPSA) is 83.0 Å². The summed E-state index contributed by atoms with van der Waals surface area (Å²) in [5, 5.41) is 11.7. The molecule has 0 bridgehead atoms. The molecule has 0 radical (unpaired) electrons. The maximum absolute atomic E-state index is 13.1. The second kappa shape index (κ2) is 7.63. The summed E-state index contributed by atoms with van der Waals surface area (Å²) in [5.74, 6) is -0.639. The van der Waals surface area contributed by atoms with E-state index in [2.05, 4.69) is 25.7 Å². The largest absolute Gasteiger partial charge is 0.277 e. The zero-order valence-corrected chi connectivity index (χ0v) is 15.9. The number of aromatic amines is 1. The van der Waals surface area contributed by atoms with Crippen molar-refractivity contribution in [3.8, 4) is 11.3 Å². The van der Waals surface area contributed by atoms with Gasteiger partial charge in [0.1, 0.15) is 5.82 Å². The highest BCUT2D eigenvalue weighted by atomic mass is 19.1. The van der Waals surface area contributed by atoms with Gasteiger partial charge in [0.2, 0.25) is 0 Å². The normalized spacial score (nSPS) is 11.3. The van der Waals surface area contributed by atoms with E-state index < -0.39 is 0 Å². The number of amides is 1. The predicted octanol–water partition coefficient (Wildman–Crippen LogP) is 4.14. The molecule has 0 aliphatic carbocycles. The highest BCUT2D eigenvalue weighted by Crippen LogP contribution is 2.22. The molecule has 2 heterocycles. The third-order valence-electron chi connectivity index (χ3n) is 4.59. The number of hydrogen-bond donors (Lipinski definition) is 2. The Labute approximate surface area is 166 Å². The van der Waals surface area contributed by atoms with Crippen LogP contribution in [0.1, 0.15) is 27.2 Å². The average molecular weight is 387 g/mol. The summed E-state index contributed by atoms with van der Waals surface area (Å²) in [5.41, 5.74) is 7.76. The maximum atomic E-state index is 13.1. The monoisotopic (exact) mass is 387 g/mol.